The number of anilines is 1. The maximum absolute atomic E-state index is 12.8. The Morgan fingerprint density at radius 2 is 1.75 bits per heavy atom. The molecule has 0 atom stereocenters. The minimum atomic E-state index is -3.00. The van der Waals surface area contributed by atoms with Crippen LogP contribution in [0.5, 0.6) is 11.5 Å². The maximum atomic E-state index is 12.8. The lowest BCUT2D eigenvalue weighted by Crippen LogP contribution is -2.13. The van der Waals surface area contributed by atoms with Crippen LogP contribution in [0.25, 0.3) is 22.8 Å². The highest BCUT2D eigenvalue weighted by atomic mass is 19.3. The number of benzene rings is 3. The Labute approximate surface area is 182 Å². The molecule has 0 saturated heterocycles. The Morgan fingerprint density at radius 1 is 1.00 bits per heavy atom. The number of hydrogen-bond acceptors (Lipinski definition) is 5. The molecule has 0 aliphatic heterocycles. The summed E-state index contributed by atoms with van der Waals surface area (Å²) in [4.78, 5) is 17.4. The fourth-order valence-corrected chi connectivity index (χ4v) is 3.09. The van der Waals surface area contributed by atoms with Crippen molar-refractivity contribution in [2.24, 2.45) is 0 Å². The highest BCUT2D eigenvalue weighted by molar-refractivity contribution is 6.06. The van der Waals surface area contributed by atoms with Crippen LogP contribution in [0.2, 0.25) is 0 Å². The Bertz CT molecular complexity index is 1230. The number of aromatic amines is 1. The van der Waals surface area contributed by atoms with Crippen LogP contribution in [0.15, 0.2) is 72.8 Å². The molecule has 1 amide bonds. The van der Waals surface area contributed by atoms with E-state index in [-0.39, 0.29) is 17.1 Å². The lowest BCUT2D eigenvalue weighted by atomic mass is 10.1. The van der Waals surface area contributed by atoms with Crippen molar-refractivity contribution in [1.82, 2.24) is 15.2 Å². The van der Waals surface area contributed by atoms with Gasteiger partial charge in [-0.15, -0.1) is 0 Å². The van der Waals surface area contributed by atoms with Crippen LogP contribution in [0.4, 0.5) is 14.5 Å². The number of carbonyl (C=O) groups excluding carboxylic acids is 1. The Kier molecular flexibility index (Phi) is 6.07. The molecule has 0 unspecified atom stereocenters. The summed E-state index contributed by atoms with van der Waals surface area (Å²) < 4.78 is 34.5. The second-order valence-electron chi connectivity index (χ2n) is 6.62. The third kappa shape index (κ3) is 4.56. The van der Waals surface area contributed by atoms with E-state index in [9.17, 15) is 13.6 Å². The molecule has 0 saturated carbocycles. The van der Waals surface area contributed by atoms with Crippen molar-refractivity contribution in [1.29, 1.82) is 0 Å². The van der Waals surface area contributed by atoms with E-state index in [0.29, 0.717) is 22.9 Å². The minimum absolute atomic E-state index is 0.0222. The van der Waals surface area contributed by atoms with Gasteiger partial charge >= 0.3 is 6.61 Å². The van der Waals surface area contributed by atoms with Gasteiger partial charge in [0.2, 0.25) is 0 Å². The first kappa shape index (κ1) is 21.0. The standard InChI is InChI=1S/C23H18F2N4O3/c1-31-19-13-15(11-12-18(19)32-23(24)25)22(30)26-17-10-6-5-9-16(17)21-27-20(28-29-21)14-7-3-2-4-8-14/h2-13,23H,1H3,(H,26,30)(H,27,28,29). The summed E-state index contributed by atoms with van der Waals surface area (Å²) in [6, 6.07) is 20.6. The van der Waals surface area contributed by atoms with Crippen molar-refractivity contribution in [3.05, 3.63) is 78.4 Å². The summed E-state index contributed by atoms with van der Waals surface area (Å²) in [7, 11) is 1.30. The zero-order valence-electron chi connectivity index (χ0n) is 16.9. The van der Waals surface area contributed by atoms with Crippen molar-refractivity contribution >= 4 is 11.6 Å². The highest BCUT2D eigenvalue weighted by Gasteiger charge is 2.17. The average molecular weight is 436 g/mol. The summed E-state index contributed by atoms with van der Waals surface area (Å²) >= 11 is 0. The van der Waals surface area contributed by atoms with E-state index >= 15 is 0 Å². The lowest BCUT2D eigenvalue weighted by molar-refractivity contribution is -0.0512. The summed E-state index contributed by atoms with van der Waals surface area (Å²) in [5, 5.41) is 9.97. The molecule has 3 aromatic carbocycles. The molecule has 2 N–H and O–H groups in total. The van der Waals surface area contributed by atoms with Gasteiger partial charge < -0.3 is 14.8 Å². The molecule has 4 rings (SSSR count). The van der Waals surface area contributed by atoms with Crippen LogP contribution in [-0.2, 0) is 0 Å². The first-order valence-electron chi connectivity index (χ1n) is 9.56. The summed E-state index contributed by atoms with van der Waals surface area (Å²) in [6.07, 6.45) is 0. The van der Waals surface area contributed by atoms with E-state index in [1.807, 2.05) is 36.4 Å². The monoisotopic (exact) mass is 436 g/mol. The van der Waals surface area contributed by atoms with Gasteiger partial charge in [0.1, 0.15) is 0 Å². The van der Waals surface area contributed by atoms with E-state index in [0.717, 1.165) is 5.56 Å². The topological polar surface area (TPSA) is 89.1 Å². The molecule has 7 nitrogen and oxygen atoms in total. The van der Waals surface area contributed by atoms with E-state index in [2.05, 4.69) is 25.2 Å². The molecule has 0 aliphatic carbocycles. The normalized spacial score (nSPS) is 10.8. The molecule has 0 bridgehead atoms. The molecule has 9 heteroatoms. The van der Waals surface area contributed by atoms with Crippen molar-refractivity contribution < 1.29 is 23.0 Å². The molecule has 0 aliphatic rings. The fourth-order valence-electron chi connectivity index (χ4n) is 3.09. The lowest BCUT2D eigenvalue weighted by Gasteiger charge is -2.12. The van der Waals surface area contributed by atoms with Gasteiger partial charge in [0, 0.05) is 16.7 Å². The first-order valence-corrected chi connectivity index (χ1v) is 9.56. The molecular formula is C23H18F2N4O3. The Balaban J connectivity index is 1.59. The van der Waals surface area contributed by atoms with E-state index < -0.39 is 12.5 Å². The number of carbonyl (C=O) groups is 1. The number of nitrogens with zero attached hydrogens (tertiary/aromatic N) is 2. The molecule has 0 spiro atoms. The number of H-pyrrole nitrogens is 1. The molecule has 162 valence electrons. The maximum Gasteiger partial charge on any atom is 0.387 e. The number of aromatic nitrogens is 3. The predicted octanol–water partition coefficient (Wildman–Crippen LogP) is 5.00. The van der Waals surface area contributed by atoms with Crippen LogP contribution >= 0.6 is 0 Å². The van der Waals surface area contributed by atoms with Gasteiger partial charge in [0.05, 0.1) is 12.8 Å². The smallest absolute Gasteiger partial charge is 0.387 e. The Morgan fingerprint density at radius 3 is 2.50 bits per heavy atom. The zero-order chi connectivity index (χ0) is 22.5. The number of amides is 1. The van der Waals surface area contributed by atoms with Crippen molar-refractivity contribution in [2.45, 2.75) is 6.61 Å². The summed E-state index contributed by atoms with van der Waals surface area (Å²) in [5.74, 6) is 0.421. The summed E-state index contributed by atoms with van der Waals surface area (Å²) in [5.41, 5.74) is 2.20. The van der Waals surface area contributed by atoms with Crippen LogP contribution in [0.3, 0.4) is 0 Å². The first-order chi connectivity index (χ1) is 15.5. The number of rotatable bonds is 7. The molecule has 1 aromatic heterocycles. The molecule has 1 heterocycles. The number of halogens is 2. The predicted molar refractivity (Wildman–Crippen MR) is 115 cm³/mol. The van der Waals surface area contributed by atoms with Gasteiger partial charge in [-0.3, -0.25) is 9.89 Å². The van der Waals surface area contributed by atoms with E-state index in [1.165, 1.54) is 25.3 Å². The molecule has 0 fully saturated rings. The van der Waals surface area contributed by atoms with Crippen LogP contribution in [-0.4, -0.2) is 34.8 Å². The van der Waals surface area contributed by atoms with E-state index in [4.69, 9.17) is 4.74 Å². The van der Waals surface area contributed by atoms with Gasteiger partial charge in [0.15, 0.2) is 23.1 Å². The second-order valence-corrected chi connectivity index (χ2v) is 6.62. The third-order valence-corrected chi connectivity index (χ3v) is 4.59. The van der Waals surface area contributed by atoms with Crippen LogP contribution in [0, 0.1) is 0 Å². The van der Waals surface area contributed by atoms with Crippen molar-refractivity contribution in [3.8, 4) is 34.3 Å². The number of alkyl halides is 2. The van der Waals surface area contributed by atoms with Crippen molar-refractivity contribution in [2.75, 3.05) is 12.4 Å². The quantitative estimate of drug-likeness (QED) is 0.426. The average Bonchev–Trinajstić information content (AvgIpc) is 3.30. The fraction of sp³-hybridized carbons (Fsp3) is 0.0870. The van der Waals surface area contributed by atoms with Gasteiger partial charge in [-0.1, -0.05) is 42.5 Å². The number of methoxy groups -OCH3 is 1. The van der Waals surface area contributed by atoms with Gasteiger partial charge in [-0.2, -0.15) is 13.9 Å². The Hall–Kier alpha value is -4.27. The third-order valence-electron chi connectivity index (χ3n) is 4.59. The number of ether oxygens (including phenoxy) is 2. The van der Waals surface area contributed by atoms with Crippen LogP contribution < -0.4 is 14.8 Å². The van der Waals surface area contributed by atoms with Gasteiger partial charge in [-0.25, -0.2) is 4.98 Å². The molecular weight excluding hydrogens is 418 g/mol. The number of nitrogens with one attached hydrogen (secondary N) is 2. The summed E-state index contributed by atoms with van der Waals surface area (Å²) in [6.45, 7) is -3.00. The number of hydrogen-bond donors (Lipinski definition) is 2. The molecule has 4 aromatic rings. The van der Waals surface area contributed by atoms with Gasteiger partial charge in [-0.05, 0) is 30.3 Å². The van der Waals surface area contributed by atoms with Crippen molar-refractivity contribution in [3.63, 3.8) is 0 Å². The largest absolute Gasteiger partial charge is 0.493 e. The van der Waals surface area contributed by atoms with Gasteiger partial charge in [0.25, 0.3) is 5.91 Å². The molecule has 32 heavy (non-hydrogen) atoms. The molecule has 0 radical (unpaired) electrons. The minimum Gasteiger partial charge on any atom is -0.493 e. The highest BCUT2D eigenvalue weighted by Crippen LogP contribution is 2.31. The second kappa shape index (κ2) is 9.25. The van der Waals surface area contributed by atoms with Crippen LogP contribution in [0.1, 0.15) is 10.4 Å². The zero-order valence-corrected chi connectivity index (χ0v) is 16.9. The number of para-hydroxylation sites is 1. The SMILES string of the molecule is COc1cc(C(=O)Nc2ccccc2-c2nc(-c3ccccc3)n[nH]2)ccc1OC(F)F. The van der Waals surface area contributed by atoms with E-state index in [1.54, 1.807) is 18.2 Å².